The van der Waals surface area contributed by atoms with Gasteiger partial charge in [0.15, 0.2) is 0 Å². The van der Waals surface area contributed by atoms with Crippen molar-refractivity contribution >= 4 is 10.0 Å². The maximum Gasteiger partial charge on any atom is 0.211 e. The molecule has 1 rings (SSSR count). The Morgan fingerprint density at radius 2 is 1.73 bits per heavy atom. The Morgan fingerprint density at radius 3 is 2.00 bits per heavy atom. The van der Waals surface area contributed by atoms with E-state index in [2.05, 4.69) is 20.8 Å². The van der Waals surface area contributed by atoms with Crippen LogP contribution in [0, 0.1) is 5.92 Å². The Bertz CT molecular complexity index is 303. The lowest BCUT2D eigenvalue weighted by Crippen LogP contribution is -2.49. The minimum atomic E-state index is -3.07. The summed E-state index contributed by atoms with van der Waals surface area (Å²) in [6.07, 6.45) is 5.47. The molecule has 0 aromatic heterocycles. The highest BCUT2D eigenvalue weighted by Crippen LogP contribution is 2.35. The SMILES string of the molecule is CCC(C)(CC)N(CC1CC1)S(C)(=O)=O. The predicted molar refractivity (Wildman–Crippen MR) is 63.3 cm³/mol. The Hall–Kier alpha value is -0.0900. The summed E-state index contributed by atoms with van der Waals surface area (Å²) in [6, 6.07) is 0. The van der Waals surface area contributed by atoms with E-state index in [1.54, 1.807) is 4.31 Å². The number of hydrogen-bond donors (Lipinski definition) is 0. The Kier molecular flexibility index (Phi) is 3.82. The molecule has 0 atom stereocenters. The van der Waals surface area contributed by atoms with E-state index < -0.39 is 10.0 Å². The van der Waals surface area contributed by atoms with Crippen molar-refractivity contribution < 1.29 is 8.42 Å². The average Bonchev–Trinajstić information content (AvgIpc) is 2.95. The molecule has 1 aliphatic rings. The summed E-state index contributed by atoms with van der Waals surface area (Å²) >= 11 is 0. The van der Waals surface area contributed by atoms with Crippen molar-refractivity contribution in [3.05, 3.63) is 0 Å². The van der Waals surface area contributed by atoms with Gasteiger partial charge in [0.2, 0.25) is 10.0 Å². The van der Waals surface area contributed by atoms with E-state index in [9.17, 15) is 8.42 Å². The minimum Gasteiger partial charge on any atom is -0.212 e. The molecule has 1 aliphatic carbocycles. The van der Waals surface area contributed by atoms with Crippen LogP contribution < -0.4 is 0 Å². The number of rotatable bonds is 6. The van der Waals surface area contributed by atoms with E-state index in [1.165, 1.54) is 19.1 Å². The highest BCUT2D eigenvalue weighted by molar-refractivity contribution is 7.88. The van der Waals surface area contributed by atoms with Crippen LogP contribution in [0.4, 0.5) is 0 Å². The first-order chi connectivity index (χ1) is 6.83. The van der Waals surface area contributed by atoms with E-state index in [4.69, 9.17) is 0 Å². The number of sulfonamides is 1. The summed E-state index contributed by atoms with van der Waals surface area (Å²) in [5, 5.41) is 0. The molecule has 15 heavy (non-hydrogen) atoms. The zero-order valence-corrected chi connectivity index (χ0v) is 11.1. The molecule has 0 aliphatic heterocycles. The van der Waals surface area contributed by atoms with Gasteiger partial charge in [0.25, 0.3) is 0 Å². The van der Waals surface area contributed by atoms with Crippen molar-refractivity contribution in [2.75, 3.05) is 12.8 Å². The van der Waals surface area contributed by atoms with Crippen molar-refractivity contribution in [1.82, 2.24) is 4.31 Å². The zero-order valence-electron chi connectivity index (χ0n) is 10.3. The van der Waals surface area contributed by atoms with E-state index in [0.29, 0.717) is 5.92 Å². The second-order valence-electron chi connectivity index (χ2n) is 4.94. The molecule has 3 nitrogen and oxygen atoms in total. The summed E-state index contributed by atoms with van der Waals surface area (Å²) in [4.78, 5) is 0. The van der Waals surface area contributed by atoms with Crippen molar-refractivity contribution in [2.45, 2.75) is 52.0 Å². The van der Waals surface area contributed by atoms with E-state index in [-0.39, 0.29) is 5.54 Å². The molecule has 0 heterocycles. The van der Waals surface area contributed by atoms with Gasteiger partial charge in [-0.2, -0.15) is 4.31 Å². The van der Waals surface area contributed by atoms with Crippen LogP contribution in [0.5, 0.6) is 0 Å². The van der Waals surface area contributed by atoms with Crippen molar-refractivity contribution in [2.24, 2.45) is 5.92 Å². The standard InChI is InChI=1S/C11H23NO2S/c1-5-11(3,6-2)12(15(4,13)14)9-10-7-8-10/h10H,5-9H2,1-4H3. The third kappa shape index (κ3) is 3.18. The Morgan fingerprint density at radius 1 is 1.27 bits per heavy atom. The van der Waals surface area contributed by atoms with Crippen LogP contribution in [0.1, 0.15) is 46.5 Å². The molecule has 0 aromatic carbocycles. The molecule has 90 valence electrons. The van der Waals surface area contributed by atoms with E-state index >= 15 is 0 Å². The van der Waals surface area contributed by atoms with Gasteiger partial charge in [0.05, 0.1) is 6.26 Å². The smallest absolute Gasteiger partial charge is 0.211 e. The second-order valence-corrected chi connectivity index (χ2v) is 6.85. The fraction of sp³-hybridized carbons (Fsp3) is 1.00. The zero-order chi connectivity index (χ0) is 11.7. The highest BCUT2D eigenvalue weighted by Gasteiger charge is 2.38. The molecule has 0 radical (unpaired) electrons. The van der Waals surface area contributed by atoms with Crippen molar-refractivity contribution in [3.63, 3.8) is 0 Å². The van der Waals surface area contributed by atoms with Crippen molar-refractivity contribution in [3.8, 4) is 0 Å². The summed E-state index contributed by atoms with van der Waals surface area (Å²) in [5.41, 5.74) is -0.198. The molecule has 0 unspecified atom stereocenters. The molecule has 0 aromatic rings. The fourth-order valence-corrected chi connectivity index (χ4v) is 3.43. The van der Waals surface area contributed by atoms with Gasteiger partial charge < -0.3 is 0 Å². The van der Waals surface area contributed by atoms with Gasteiger partial charge in [0, 0.05) is 12.1 Å². The second kappa shape index (κ2) is 4.42. The molecule has 0 bridgehead atoms. The van der Waals surface area contributed by atoms with Crippen LogP contribution in [0.3, 0.4) is 0 Å². The Labute approximate surface area is 93.9 Å². The normalized spacial score (nSPS) is 18.5. The molecule has 1 fully saturated rings. The van der Waals surface area contributed by atoms with Crippen LogP contribution in [-0.4, -0.2) is 31.1 Å². The van der Waals surface area contributed by atoms with E-state index in [1.807, 2.05) is 0 Å². The van der Waals surface area contributed by atoms with Gasteiger partial charge in [-0.15, -0.1) is 0 Å². The molecular weight excluding hydrogens is 210 g/mol. The summed E-state index contributed by atoms with van der Waals surface area (Å²) < 4.78 is 25.3. The first kappa shape index (κ1) is 13.0. The predicted octanol–water partition coefficient (Wildman–Crippen LogP) is 2.24. The molecule has 0 amide bonds. The van der Waals surface area contributed by atoms with Crippen LogP contribution >= 0.6 is 0 Å². The lowest BCUT2D eigenvalue weighted by molar-refractivity contribution is 0.186. The lowest BCUT2D eigenvalue weighted by atomic mass is 9.95. The largest absolute Gasteiger partial charge is 0.212 e. The quantitative estimate of drug-likeness (QED) is 0.705. The van der Waals surface area contributed by atoms with Gasteiger partial charge in [-0.25, -0.2) is 8.42 Å². The molecule has 0 spiro atoms. The third-order valence-corrected chi connectivity index (χ3v) is 5.04. The first-order valence-corrected chi connectivity index (χ1v) is 7.66. The van der Waals surface area contributed by atoms with Crippen LogP contribution in [-0.2, 0) is 10.0 Å². The molecule has 1 saturated carbocycles. The molecular formula is C11H23NO2S. The van der Waals surface area contributed by atoms with Crippen LogP contribution in [0.15, 0.2) is 0 Å². The topological polar surface area (TPSA) is 37.4 Å². The van der Waals surface area contributed by atoms with Gasteiger partial charge in [0.1, 0.15) is 0 Å². The maximum atomic E-state index is 11.8. The van der Waals surface area contributed by atoms with Gasteiger partial charge in [-0.05, 0) is 38.5 Å². The lowest BCUT2D eigenvalue weighted by Gasteiger charge is -2.38. The van der Waals surface area contributed by atoms with Crippen molar-refractivity contribution in [1.29, 1.82) is 0 Å². The summed E-state index contributed by atoms with van der Waals surface area (Å²) in [7, 11) is -3.07. The monoisotopic (exact) mass is 233 g/mol. The van der Waals surface area contributed by atoms with Gasteiger partial charge in [-0.1, -0.05) is 13.8 Å². The van der Waals surface area contributed by atoms with Gasteiger partial charge >= 0.3 is 0 Å². The van der Waals surface area contributed by atoms with Crippen LogP contribution in [0.2, 0.25) is 0 Å². The third-order valence-electron chi connectivity index (χ3n) is 3.65. The summed E-state index contributed by atoms with van der Waals surface area (Å²) in [5.74, 6) is 0.608. The fourth-order valence-electron chi connectivity index (χ4n) is 1.89. The first-order valence-electron chi connectivity index (χ1n) is 5.81. The highest BCUT2D eigenvalue weighted by atomic mass is 32.2. The number of nitrogens with zero attached hydrogens (tertiary/aromatic N) is 1. The van der Waals surface area contributed by atoms with Gasteiger partial charge in [-0.3, -0.25) is 0 Å². The number of hydrogen-bond acceptors (Lipinski definition) is 2. The summed E-state index contributed by atoms with van der Waals surface area (Å²) in [6.45, 7) is 6.90. The molecule has 0 N–H and O–H groups in total. The maximum absolute atomic E-state index is 11.8. The van der Waals surface area contributed by atoms with Crippen LogP contribution in [0.25, 0.3) is 0 Å². The van der Waals surface area contributed by atoms with E-state index in [0.717, 1.165) is 19.4 Å². The molecule has 0 saturated heterocycles. The molecule has 4 heteroatoms. The average molecular weight is 233 g/mol. The Balaban J connectivity index is 2.87. The minimum absolute atomic E-state index is 0.198.